The van der Waals surface area contributed by atoms with Gasteiger partial charge in [-0.2, -0.15) is 0 Å². The smallest absolute Gasteiger partial charge is 0.0564 e. The summed E-state index contributed by atoms with van der Waals surface area (Å²) in [4.78, 5) is 0. The zero-order valence-corrected chi connectivity index (χ0v) is 5.58. The highest BCUT2D eigenvalue weighted by molar-refractivity contribution is 4.68. The highest BCUT2D eigenvalue weighted by atomic mass is 16.3. The third kappa shape index (κ3) is 2.33. The predicted molar refractivity (Wildman–Crippen MR) is 35.1 cm³/mol. The number of rotatable bonds is 0. The molecule has 2 atom stereocenters. The van der Waals surface area contributed by atoms with Gasteiger partial charge in [-0.1, -0.05) is 12.8 Å². The summed E-state index contributed by atoms with van der Waals surface area (Å²) in [6, 6.07) is 0. The quantitative estimate of drug-likeness (QED) is 0.473. The van der Waals surface area contributed by atoms with Gasteiger partial charge < -0.3 is 10.2 Å². The minimum Gasteiger partial charge on any atom is -0.393 e. The standard InChI is InChI=1S/C7H14O2/c8-6-3-1-2-4-7(9)5-6/h6-9H,1-5H2/t6-,7+. The van der Waals surface area contributed by atoms with Crippen LogP contribution in [-0.2, 0) is 0 Å². The Morgan fingerprint density at radius 2 is 1.33 bits per heavy atom. The Hall–Kier alpha value is -0.0800. The predicted octanol–water partition coefficient (Wildman–Crippen LogP) is 0.672. The van der Waals surface area contributed by atoms with Crippen molar-refractivity contribution in [2.45, 2.75) is 44.3 Å². The molecular weight excluding hydrogens is 116 g/mol. The van der Waals surface area contributed by atoms with Gasteiger partial charge in [0.1, 0.15) is 0 Å². The van der Waals surface area contributed by atoms with Gasteiger partial charge in [0.15, 0.2) is 0 Å². The van der Waals surface area contributed by atoms with Crippen molar-refractivity contribution < 1.29 is 10.2 Å². The van der Waals surface area contributed by atoms with E-state index in [1.54, 1.807) is 0 Å². The monoisotopic (exact) mass is 130 g/mol. The van der Waals surface area contributed by atoms with Gasteiger partial charge in [-0.05, 0) is 19.3 Å². The summed E-state index contributed by atoms with van der Waals surface area (Å²) >= 11 is 0. The lowest BCUT2D eigenvalue weighted by Gasteiger charge is -2.08. The van der Waals surface area contributed by atoms with Crippen LogP contribution in [0.15, 0.2) is 0 Å². The maximum absolute atomic E-state index is 9.10. The van der Waals surface area contributed by atoms with Crippen molar-refractivity contribution in [3.05, 3.63) is 0 Å². The highest BCUT2D eigenvalue weighted by Crippen LogP contribution is 2.17. The van der Waals surface area contributed by atoms with Gasteiger partial charge in [-0.3, -0.25) is 0 Å². The Morgan fingerprint density at radius 3 is 1.78 bits per heavy atom. The summed E-state index contributed by atoms with van der Waals surface area (Å²) in [6.07, 6.45) is 3.97. The minimum absolute atomic E-state index is 0.248. The van der Waals surface area contributed by atoms with Crippen molar-refractivity contribution in [3.63, 3.8) is 0 Å². The SMILES string of the molecule is O[C@@H]1CCCC[C@H](O)C1. The Kier molecular flexibility index (Phi) is 2.49. The molecule has 2 N–H and O–H groups in total. The van der Waals surface area contributed by atoms with Gasteiger partial charge in [-0.15, -0.1) is 0 Å². The molecule has 2 nitrogen and oxygen atoms in total. The van der Waals surface area contributed by atoms with E-state index in [0.29, 0.717) is 6.42 Å². The first-order chi connectivity index (χ1) is 4.29. The summed E-state index contributed by atoms with van der Waals surface area (Å²) in [5.74, 6) is 0. The first-order valence-electron chi connectivity index (χ1n) is 3.65. The van der Waals surface area contributed by atoms with Gasteiger partial charge in [0.25, 0.3) is 0 Å². The maximum Gasteiger partial charge on any atom is 0.0564 e. The third-order valence-corrected chi connectivity index (χ3v) is 1.87. The molecular formula is C7H14O2. The van der Waals surface area contributed by atoms with Gasteiger partial charge in [0.2, 0.25) is 0 Å². The van der Waals surface area contributed by atoms with E-state index in [2.05, 4.69) is 0 Å². The molecule has 0 aromatic heterocycles. The number of hydrogen-bond donors (Lipinski definition) is 2. The van der Waals surface area contributed by atoms with Gasteiger partial charge in [0, 0.05) is 0 Å². The fraction of sp³-hybridized carbons (Fsp3) is 1.00. The molecule has 1 aliphatic carbocycles. The van der Waals surface area contributed by atoms with Crippen LogP contribution in [0.3, 0.4) is 0 Å². The van der Waals surface area contributed by atoms with Gasteiger partial charge in [-0.25, -0.2) is 0 Å². The Labute approximate surface area is 55.5 Å². The molecule has 1 aliphatic rings. The summed E-state index contributed by atoms with van der Waals surface area (Å²) in [5, 5.41) is 18.2. The molecule has 0 heterocycles. The molecule has 1 fully saturated rings. The third-order valence-electron chi connectivity index (χ3n) is 1.87. The molecule has 0 amide bonds. The van der Waals surface area contributed by atoms with E-state index in [-0.39, 0.29) is 12.2 Å². The second-order valence-corrected chi connectivity index (χ2v) is 2.83. The molecule has 54 valence electrons. The maximum atomic E-state index is 9.10. The summed E-state index contributed by atoms with van der Waals surface area (Å²) < 4.78 is 0. The lowest BCUT2D eigenvalue weighted by Crippen LogP contribution is -2.13. The summed E-state index contributed by atoms with van der Waals surface area (Å²) in [5.41, 5.74) is 0. The van der Waals surface area contributed by atoms with Crippen LogP contribution in [0.4, 0.5) is 0 Å². The Balaban J connectivity index is 2.29. The zero-order chi connectivity index (χ0) is 6.69. The van der Waals surface area contributed by atoms with Crippen molar-refractivity contribution in [3.8, 4) is 0 Å². The van der Waals surface area contributed by atoms with E-state index >= 15 is 0 Å². The first kappa shape index (κ1) is 7.03. The number of hydrogen-bond acceptors (Lipinski definition) is 2. The molecule has 0 bridgehead atoms. The average molecular weight is 130 g/mol. The summed E-state index contributed by atoms with van der Waals surface area (Å²) in [6.45, 7) is 0. The average Bonchev–Trinajstić information content (AvgIpc) is 1.93. The van der Waals surface area contributed by atoms with Crippen LogP contribution in [-0.4, -0.2) is 22.4 Å². The molecule has 0 aliphatic heterocycles. The van der Waals surface area contributed by atoms with Crippen LogP contribution in [0, 0.1) is 0 Å². The molecule has 2 heteroatoms. The van der Waals surface area contributed by atoms with Crippen LogP contribution >= 0.6 is 0 Å². The first-order valence-corrected chi connectivity index (χ1v) is 3.65. The normalized spacial score (nSPS) is 38.0. The molecule has 1 rings (SSSR count). The fourth-order valence-electron chi connectivity index (χ4n) is 1.31. The fourth-order valence-corrected chi connectivity index (χ4v) is 1.31. The van der Waals surface area contributed by atoms with Gasteiger partial charge >= 0.3 is 0 Å². The van der Waals surface area contributed by atoms with Crippen molar-refractivity contribution in [2.24, 2.45) is 0 Å². The summed E-state index contributed by atoms with van der Waals surface area (Å²) in [7, 11) is 0. The van der Waals surface area contributed by atoms with E-state index in [1.165, 1.54) is 0 Å². The molecule has 0 unspecified atom stereocenters. The van der Waals surface area contributed by atoms with E-state index in [0.717, 1.165) is 25.7 Å². The molecule has 9 heavy (non-hydrogen) atoms. The van der Waals surface area contributed by atoms with Crippen LogP contribution in [0.1, 0.15) is 32.1 Å². The van der Waals surface area contributed by atoms with E-state index in [1.807, 2.05) is 0 Å². The van der Waals surface area contributed by atoms with Crippen molar-refractivity contribution in [1.29, 1.82) is 0 Å². The van der Waals surface area contributed by atoms with E-state index < -0.39 is 0 Å². The lowest BCUT2D eigenvalue weighted by atomic mass is 10.1. The van der Waals surface area contributed by atoms with Crippen molar-refractivity contribution in [1.82, 2.24) is 0 Å². The Bertz CT molecular complexity index is 73.0. The van der Waals surface area contributed by atoms with Crippen molar-refractivity contribution in [2.75, 3.05) is 0 Å². The van der Waals surface area contributed by atoms with Crippen LogP contribution < -0.4 is 0 Å². The van der Waals surface area contributed by atoms with Gasteiger partial charge in [0.05, 0.1) is 12.2 Å². The largest absolute Gasteiger partial charge is 0.393 e. The molecule has 0 saturated heterocycles. The molecule has 0 aromatic carbocycles. The zero-order valence-electron chi connectivity index (χ0n) is 5.58. The van der Waals surface area contributed by atoms with E-state index in [9.17, 15) is 0 Å². The van der Waals surface area contributed by atoms with Crippen LogP contribution in [0.5, 0.6) is 0 Å². The van der Waals surface area contributed by atoms with Crippen LogP contribution in [0.25, 0.3) is 0 Å². The topological polar surface area (TPSA) is 40.5 Å². The minimum atomic E-state index is -0.248. The number of aliphatic hydroxyl groups excluding tert-OH is 2. The molecule has 0 spiro atoms. The molecule has 0 radical (unpaired) electrons. The number of aliphatic hydroxyl groups is 2. The second kappa shape index (κ2) is 3.18. The highest BCUT2D eigenvalue weighted by Gasteiger charge is 2.14. The van der Waals surface area contributed by atoms with Crippen molar-refractivity contribution >= 4 is 0 Å². The lowest BCUT2D eigenvalue weighted by molar-refractivity contribution is 0.0848. The molecule has 0 aromatic rings. The van der Waals surface area contributed by atoms with Crippen LogP contribution in [0.2, 0.25) is 0 Å². The second-order valence-electron chi connectivity index (χ2n) is 2.83. The molecule has 1 saturated carbocycles. The Morgan fingerprint density at radius 1 is 0.889 bits per heavy atom. The van der Waals surface area contributed by atoms with E-state index in [4.69, 9.17) is 10.2 Å².